The summed E-state index contributed by atoms with van der Waals surface area (Å²) in [6.07, 6.45) is 1.05. The molecule has 17 heavy (non-hydrogen) atoms. The van der Waals surface area contributed by atoms with Gasteiger partial charge >= 0.3 is 13.6 Å². The number of benzene rings is 1. The molecule has 0 aromatic heterocycles. The molecule has 1 aromatic carbocycles. The molecule has 0 bridgehead atoms. The molecule has 0 aliphatic heterocycles. The van der Waals surface area contributed by atoms with Crippen molar-refractivity contribution in [1.82, 2.24) is 0 Å². The van der Waals surface area contributed by atoms with Crippen molar-refractivity contribution in [3.63, 3.8) is 0 Å². The van der Waals surface area contributed by atoms with Gasteiger partial charge in [0.05, 0.1) is 5.56 Å². The van der Waals surface area contributed by atoms with Crippen LogP contribution in [0.25, 0.3) is 0 Å². The highest BCUT2D eigenvalue weighted by Gasteiger charge is 2.25. The minimum Gasteiger partial charge on any atom is -0.415 e. The Morgan fingerprint density at radius 1 is 1.35 bits per heavy atom. The predicted molar refractivity (Wildman–Crippen MR) is 62.7 cm³/mol. The monoisotopic (exact) mass is 276 g/mol. The normalized spacial score (nSPS) is 12.4. The minimum atomic E-state index is -4.57. The highest BCUT2D eigenvalue weighted by molar-refractivity contribution is 7.56. The first-order valence-electron chi connectivity index (χ1n) is 4.54. The lowest BCUT2D eigenvalue weighted by Gasteiger charge is -2.09. The van der Waals surface area contributed by atoms with Crippen LogP contribution in [-0.4, -0.2) is 15.8 Å². The Hall–Kier alpha value is -1.13. The third-order valence-corrected chi connectivity index (χ3v) is 2.99. The number of hydrogen-bond donors (Lipinski definition) is 2. The fourth-order valence-electron chi connectivity index (χ4n) is 1.03. The van der Waals surface area contributed by atoms with Gasteiger partial charge in [-0.2, -0.15) is 0 Å². The van der Waals surface area contributed by atoms with E-state index in [-0.39, 0.29) is 5.56 Å². The summed E-state index contributed by atoms with van der Waals surface area (Å²) < 4.78 is 15.5. The Bertz CT molecular complexity index is 488. The van der Waals surface area contributed by atoms with E-state index in [4.69, 9.17) is 21.4 Å². The Morgan fingerprint density at radius 2 is 1.88 bits per heavy atom. The van der Waals surface area contributed by atoms with Gasteiger partial charge in [0, 0.05) is 5.02 Å². The van der Waals surface area contributed by atoms with E-state index in [0.717, 1.165) is 6.08 Å². The maximum atomic E-state index is 11.5. The van der Waals surface area contributed by atoms with Crippen LogP contribution in [0.1, 0.15) is 17.3 Å². The van der Waals surface area contributed by atoms with Gasteiger partial charge in [-0.05, 0) is 37.3 Å². The summed E-state index contributed by atoms with van der Waals surface area (Å²) in [5, 5.41) is 0.447. The first kappa shape index (κ1) is 13.9. The Balaban J connectivity index is 2.86. The average Bonchev–Trinajstić information content (AvgIpc) is 2.24. The maximum absolute atomic E-state index is 11.5. The Labute approximate surface area is 103 Å². The third kappa shape index (κ3) is 3.98. The second kappa shape index (κ2) is 5.47. The summed E-state index contributed by atoms with van der Waals surface area (Å²) in [6, 6.07) is 5.76. The summed E-state index contributed by atoms with van der Waals surface area (Å²) >= 11 is 5.63. The third-order valence-electron chi connectivity index (χ3n) is 1.81. The van der Waals surface area contributed by atoms with Gasteiger partial charge in [-0.15, -0.1) is 0 Å². The lowest BCUT2D eigenvalue weighted by Crippen LogP contribution is -2.05. The van der Waals surface area contributed by atoms with Gasteiger partial charge in [0.25, 0.3) is 0 Å². The number of rotatable bonds is 3. The van der Waals surface area contributed by atoms with Gasteiger partial charge in [-0.25, -0.2) is 4.79 Å². The summed E-state index contributed by atoms with van der Waals surface area (Å²) in [5.74, 6) is -0.849. The van der Waals surface area contributed by atoms with Crippen LogP contribution < -0.4 is 0 Å². The van der Waals surface area contributed by atoms with Crippen LogP contribution in [0.15, 0.2) is 35.8 Å². The molecule has 1 rings (SSSR count). The van der Waals surface area contributed by atoms with Crippen molar-refractivity contribution in [3.8, 4) is 0 Å². The molecule has 0 saturated heterocycles. The fourth-order valence-corrected chi connectivity index (χ4v) is 1.69. The highest BCUT2D eigenvalue weighted by atomic mass is 35.5. The van der Waals surface area contributed by atoms with E-state index in [2.05, 4.69) is 4.74 Å². The molecule has 2 N–H and O–H groups in total. The van der Waals surface area contributed by atoms with Crippen LogP contribution in [0.5, 0.6) is 0 Å². The molecule has 0 radical (unpaired) electrons. The van der Waals surface area contributed by atoms with Gasteiger partial charge in [0.1, 0.15) is 0 Å². The molecule has 0 heterocycles. The maximum Gasteiger partial charge on any atom is 0.390 e. The largest absolute Gasteiger partial charge is 0.415 e. The van der Waals surface area contributed by atoms with Gasteiger partial charge in [0.15, 0.2) is 0 Å². The molecule has 7 heteroatoms. The van der Waals surface area contributed by atoms with E-state index in [1.165, 1.54) is 31.2 Å². The zero-order valence-corrected chi connectivity index (χ0v) is 10.5. The first-order valence-corrected chi connectivity index (χ1v) is 6.54. The molecule has 5 nitrogen and oxygen atoms in total. The summed E-state index contributed by atoms with van der Waals surface area (Å²) in [5.41, 5.74) is -0.514. The highest BCUT2D eigenvalue weighted by Crippen LogP contribution is 2.45. The molecule has 0 unspecified atom stereocenters. The van der Waals surface area contributed by atoms with Crippen molar-refractivity contribution in [1.29, 1.82) is 0 Å². The van der Waals surface area contributed by atoms with Gasteiger partial charge in [-0.3, -0.25) is 4.57 Å². The van der Waals surface area contributed by atoms with E-state index >= 15 is 0 Å². The van der Waals surface area contributed by atoms with Crippen molar-refractivity contribution >= 4 is 25.2 Å². The molecule has 0 saturated carbocycles. The van der Waals surface area contributed by atoms with Gasteiger partial charge < -0.3 is 14.5 Å². The van der Waals surface area contributed by atoms with E-state index in [1.807, 2.05) is 0 Å². The average molecular weight is 277 g/mol. The fraction of sp³-hybridized carbons (Fsp3) is 0.100. The van der Waals surface area contributed by atoms with Crippen LogP contribution >= 0.6 is 19.2 Å². The quantitative estimate of drug-likeness (QED) is 0.503. The smallest absolute Gasteiger partial charge is 0.390 e. The van der Waals surface area contributed by atoms with E-state index in [1.54, 1.807) is 0 Å². The number of ether oxygens (including phenoxy) is 1. The SMILES string of the molecule is C/C=C(\OC(=O)c1ccc(Cl)cc1)P(=O)(O)O. The summed E-state index contributed by atoms with van der Waals surface area (Å²) in [7, 11) is -4.57. The topological polar surface area (TPSA) is 83.8 Å². The molecule has 0 amide bonds. The van der Waals surface area contributed by atoms with Crippen LogP contribution in [0.3, 0.4) is 0 Å². The predicted octanol–water partition coefficient (Wildman–Crippen LogP) is 2.54. The van der Waals surface area contributed by atoms with Crippen molar-refractivity contribution in [2.75, 3.05) is 0 Å². The molecular formula is C10H10ClO5P. The molecular weight excluding hydrogens is 267 g/mol. The second-order valence-corrected chi connectivity index (χ2v) is 5.03. The number of carbonyl (C=O) groups is 1. The van der Waals surface area contributed by atoms with E-state index < -0.39 is 19.1 Å². The summed E-state index contributed by atoms with van der Waals surface area (Å²) in [6.45, 7) is 1.36. The zero-order valence-electron chi connectivity index (χ0n) is 8.83. The van der Waals surface area contributed by atoms with Crippen molar-refractivity contribution in [2.45, 2.75) is 6.92 Å². The number of carbonyl (C=O) groups excluding carboxylic acids is 1. The number of halogens is 1. The molecule has 0 spiro atoms. The van der Waals surface area contributed by atoms with Crippen LogP contribution in [0, 0.1) is 0 Å². The van der Waals surface area contributed by atoms with Gasteiger partial charge in [0.2, 0.25) is 5.50 Å². The van der Waals surface area contributed by atoms with Gasteiger partial charge in [-0.1, -0.05) is 11.6 Å². The first-order chi connectivity index (χ1) is 7.84. The second-order valence-electron chi connectivity index (χ2n) is 3.07. The zero-order chi connectivity index (χ0) is 13.1. The Morgan fingerprint density at radius 3 is 2.29 bits per heavy atom. The number of allylic oxidation sites excluding steroid dienone is 1. The minimum absolute atomic E-state index is 0.155. The number of esters is 1. The van der Waals surface area contributed by atoms with Crippen molar-refractivity contribution in [2.24, 2.45) is 0 Å². The molecule has 0 aliphatic carbocycles. The lowest BCUT2D eigenvalue weighted by atomic mass is 10.2. The van der Waals surface area contributed by atoms with Crippen molar-refractivity contribution in [3.05, 3.63) is 46.4 Å². The van der Waals surface area contributed by atoms with E-state index in [0.29, 0.717) is 5.02 Å². The molecule has 1 aromatic rings. The lowest BCUT2D eigenvalue weighted by molar-refractivity contribution is 0.0635. The molecule has 92 valence electrons. The van der Waals surface area contributed by atoms with Crippen LogP contribution in [0.4, 0.5) is 0 Å². The number of hydrogen-bond acceptors (Lipinski definition) is 3. The van der Waals surface area contributed by atoms with E-state index in [9.17, 15) is 9.36 Å². The molecule has 0 aliphatic rings. The van der Waals surface area contributed by atoms with Crippen molar-refractivity contribution < 1.29 is 23.9 Å². The molecule has 0 atom stereocenters. The molecule has 0 fully saturated rings. The van der Waals surface area contributed by atoms with Crippen LogP contribution in [-0.2, 0) is 9.30 Å². The summed E-state index contributed by atoms with van der Waals surface area (Å²) in [4.78, 5) is 29.2. The standard InChI is InChI=1S/C10H10ClO5P/c1-2-9(17(13,14)15)16-10(12)7-3-5-8(11)6-4-7/h2-6H,1H3,(H2,13,14,15)/b9-2+. The Kier molecular flexibility index (Phi) is 4.48. The van der Waals surface area contributed by atoms with Crippen LogP contribution in [0.2, 0.25) is 5.02 Å².